The second kappa shape index (κ2) is 6.47. The van der Waals surface area contributed by atoms with Crippen molar-refractivity contribution in [2.24, 2.45) is 0 Å². The van der Waals surface area contributed by atoms with E-state index < -0.39 is 22.4 Å². The number of aliphatic hydroxyl groups is 1. The number of halogens is 1. The lowest BCUT2D eigenvalue weighted by Gasteiger charge is -2.22. The topological polar surface area (TPSA) is 57.6 Å². The molecular formula is C14H20FNO3S. The van der Waals surface area contributed by atoms with Gasteiger partial charge in [0.05, 0.1) is 11.5 Å². The Labute approximate surface area is 119 Å². The Morgan fingerprint density at radius 3 is 2.50 bits per heavy atom. The molecule has 6 heteroatoms. The van der Waals surface area contributed by atoms with Gasteiger partial charge in [-0.2, -0.15) is 4.31 Å². The summed E-state index contributed by atoms with van der Waals surface area (Å²) in [5.41, 5.74) is 0.993. The molecule has 1 aromatic carbocycles. The fraction of sp³-hybridized carbons (Fsp3) is 0.429. The van der Waals surface area contributed by atoms with Gasteiger partial charge in [0.25, 0.3) is 0 Å². The maximum absolute atomic E-state index is 13.8. The minimum absolute atomic E-state index is 0.0577. The van der Waals surface area contributed by atoms with Gasteiger partial charge in [-0.05, 0) is 31.5 Å². The molecule has 1 rings (SSSR count). The smallest absolute Gasteiger partial charge is 0.243 e. The van der Waals surface area contributed by atoms with Gasteiger partial charge in [-0.25, -0.2) is 12.8 Å². The van der Waals surface area contributed by atoms with Crippen molar-refractivity contribution in [3.63, 3.8) is 0 Å². The molecule has 0 saturated carbocycles. The molecule has 0 aliphatic rings. The number of likely N-dealkylation sites (N-methyl/N-ethyl adjacent to an activating group) is 1. The standard InChI is InChI=1S/C14H20FNO3S/c1-5-16(8-10(2)3)20(18,19)14-7-12(9-17)6-13(15)11(14)4/h6-7,17H,2,5,8-9H2,1,3-4H3. The number of sulfonamides is 1. The van der Waals surface area contributed by atoms with Crippen molar-refractivity contribution in [3.05, 3.63) is 41.2 Å². The molecule has 0 saturated heterocycles. The lowest BCUT2D eigenvalue weighted by Crippen LogP contribution is -2.33. The Bertz CT molecular complexity index is 611. The predicted octanol–water partition coefficient (Wildman–Crippen LogP) is 2.21. The molecule has 112 valence electrons. The average Bonchev–Trinajstić information content (AvgIpc) is 2.38. The number of aliphatic hydroxyl groups excluding tert-OH is 1. The minimum atomic E-state index is -3.81. The number of hydrogen-bond acceptors (Lipinski definition) is 3. The molecule has 0 aromatic heterocycles. The van der Waals surface area contributed by atoms with Crippen molar-refractivity contribution in [1.82, 2.24) is 4.31 Å². The van der Waals surface area contributed by atoms with Crippen LogP contribution in [0.25, 0.3) is 0 Å². The third-order valence-corrected chi connectivity index (χ3v) is 5.00. The molecule has 4 nitrogen and oxygen atoms in total. The summed E-state index contributed by atoms with van der Waals surface area (Å²) >= 11 is 0. The van der Waals surface area contributed by atoms with Crippen LogP contribution in [0.2, 0.25) is 0 Å². The summed E-state index contributed by atoms with van der Waals surface area (Å²) in [6.07, 6.45) is 0. The van der Waals surface area contributed by atoms with Gasteiger partial charge in [0.15, 0.2) is 0 Å². The minimum Gasteiger partial charge on any atom is -0.392 e. The van der Waals surface area contributed by atoms with E-state index in [2.05, 4.69) is 6.58 Å². The van der Waals surface area contributed by atoms with Crippen LogP contribution in [0.5, 0.6) is 0 Å². The molecular weight excluding hydrogens is 281 g/mol. The average molecular weight is 301 g/mol. The fourth-order valence-electron chi connectivity index (χ4n) is 1.87. The van der Waals surface area contributed by atoms with Gasteiger partial charge in [0, 0.05) is 18.7 Å². The molecule has 0 fully saturated rings. The number of rotatable bonds is 6. The van der Waals surface area contributed by atoms with Crippen molar-refractivity contribution in [2.75, 3.05) is 13.1 Å². The molecule has 0 spiro atoms. The van der Waals surface area contributed by atoms with E-state index in [1.165, 1.54) is 17.3 Å². The van der Waals surface area contributed by atoms with Gasteiger partial charge >= 0.3 is 0 Å². The molecule has 0 unspecified atom stereocenters. The van der Waals surface area contributed by atoms with E-state index in [1.54, 1.807) is 13.8 Å². The molecule has 0 aliphatic heterocycles. The summed E-state index contributed by atoms with van der Waals surface area (Å²) in [6, 6.07) is 2.46. The summed E-state index contributed by atoms with van der Waals surface area (Å²) in [6.45, 7) is 8.60. The first kappa shape index (κ1) is 16.8. The van der Waals surface area contributed by atoms with E-state index in [0.717, 1.165) is 6.07 Å². The third kappa shape index (κ3) is 3.45. The van der Waals surface area contributed by atoms with Crippen LogP contribution in [-0.4, -0.2) is 30.9 Å². The maximum Gasteiger partial charge on any atom is 0.243 e. The van der Waals surface area contributed by atoms with Crippen LogP contribution in [0.15, 0.2) is 29.2 Å². The van der Waals surface area contributed by atoms with E-state index in [0.29, 0.717) is 5.57 Å². The van der Waals surface area contributed by atoms with E-state index in [1.807, 2.05) is 0 Å². The zero-order valence-electron chi connectivity index (χ0n) is 12.0. The van der Waals surface area contributed by atoms with Crippen LogP contribution in [0, 0.1) is 12.7 Å². The van der Waals surface area contributed by atoms with Crippen LogP contribution < -0.4 is 0 Å². The van der Waals surface area contributed by atoms with Crippen LogP contribution in [-0.2, 0) is 16.6 Å². The lowest BCUT2D eigenvalue weighted by molar-refractivity contribution is 0.280. The van der Waals surface area contributed by atoms with E-state index in [4.69, 9.17) is 5.11 Å². The molecule has 0 radical (unpaired) electrons. The van der Waals surface area contributed by atoms with Gasteiger partial charge < -0.3 is 5.11 Å². The largest absolute Gasteiger partial charge is 0.392 e. The summed E-state index contributed by atoms with van der Waals surface area (Å²) in [4.78, 5) is -0.107. The van der Waals surface area contributed by atoms with E-state index in [9.17, 15) is 12.8 Å². The Morgan fingerprint density at radius 1 is 1.45 bits per heavy atom. The van der Waals surface area contributed by atoms with Crippen LogP contribution in [0.1, 0.15) is 25.0 Å². The van der Waals surface area contributed by atoms with Crippen molar-refractivity contribution in [2.45, 2.75) is 32.3 Å². The van der Waals surface area contributed by atoms with Crippen LogP contribution in [0.4, 0.5) is 4.39 Å². The molecule has 0 atom stereocenters. The van der Waals surface area contributed by atoms with Crippen molar-refractivity contribution in [3.8, 4) is 0 Å². The number of nitrogens with zero attached hydrogens (tertiary/aromatic N) is 1. The fourth-order valence-corrected chi connectivity index (χ4v) is 3.67. The Hall–Kier alpha value is -1.24. The molecule has 0 heterocycles. The highest BCUT2D eigenvalue weighted by Crippen LogP contribution is 2.24. The van der Waals surface area contributed by atoms with Gasteiger partial charge in [0.1, 0.15) is 5.82 Å². The van der Waals surface area contributed by atoms with Crippen molar-refractivity contribution >= 4 is 10.0 Å². The predicted molar refractivity (Wildman–Crippen MR) is 76.3 cm³/mol. The molecule has 0 amide bonds. The first-order valence-corrected chi connectivity index (χ1v) is 7.72. The number of benzene rings is 1. The second-order valence-corrected chi connectivity index (χ2v) is 6.65. The monoisotopic (exact) mass is 301 g/mol. The van der Waals surface area contributed by atoms with Crippen LogP contribution in [0.3, 0.4) is 0 Å². The Kier molecular flexibility index (Phi) is 5.44. The van der Waals surface area contributed by atoms with E-state index >= 15 is 0 Å². The Morgan fingerprint density at radius 2 is 2.05 bits per heavy atom. The Balaban J connectivity index is 3.40. The van der Waals surface area contributed by atoms with Crippen molar-refractivity contribution < 1.29 is 17.9 Å². The van der Waals surface area contributed by atoms with Gasteiger partial charge in [-0.1, -0.05) is 19.1 Å². The molecule has 0 bridgehead atoms. The normalized spacial score (nSPS) is 11.9. The third-order valence-electron chi connectivity index (χ3n) is 2.96. The molecule has 20 heavy (non-hydrogen) atoms. The van der Waals surface area contributed by atoms with Crippen LogP contribution >= 0.6 is 0 Å². The first-order chi connectivity index (χ1) is 9.23. The molecule has 1 N–H and O–H groups in total. The summed E-state index contributed by atoms with van der Waals surface area (Å²) < 4.78 is 40.2. The van der Waals surface area contributed by atoms with Gasteiger partial charge in [-0.3, -0.25) is 0 Å². The van der Waals surface area contributed by atoms with E-state index in [-0.39, 0.29) is 29.1 Å². The summed E-state index contributed by atoms with van der Waals surface area (Å²) in [5.74, 6) is -0.637. The highest BCUT2D eigenvalue weighted by Gasteiger charge is 2.26. The van der Waals surface area contributed by atoms with Crippen molar-refractivity contribution in [1.29, 1.82) is 0 Å². The zero-order valence-corrected chi connectivity index (χ0v) is 12.8. The van der Waals surface area contributed by atoms with Gasteiger partial charge in [-0.15, -0.1) is 0 Å². The van der Waals surface area contributed by atoms with Gasteiger partial charge in [0.2, 0.25) is 10.0 Å². The SMILES string of the molecule is C=C(C)CN(CC)S(=O)(=O)c1cc(CO)cc(F)c1C. The zero-order chi connectivity index (χ0) is 15.5. The molecule has 0 aliphatic carbocycles. The highest BCUT2D eigenvalue weighted by molar-refractivity contribution is 7.89. The molecule has 1 aromatic rings. The maximum atomic E-state index is 13.8. The second-order valence-electron chi connectivity index (χ2n) is 4.75. The summed E-state index contributed by atoms with van der Waals surface area (Å²) in [5, 5.41) is 9.10. The lowest BCUT2D eigenvalue weighted by atomic mass is 10.1. The number of hydrogen-bond donors (Lipinski definition) is 1. The highest BCUT2D eigenvalue weighted by atomic mass is 32.2. The first-order valence-electron chi connectivity index (χ1n) is 6.28. The summed E-state index contributed by atoms with van der Waals surface area (Å²) in [7, 11) is -3.81. The quantitative estimate of drug-likeness (QED) is 0.820.